The number of benzene rings is 1. The van der Waals surface area contributed by atoms with Gasteiger partial charge in [-0.05, 0) is 24.1 Å². The highest BCUT2D eigenvalue weighted by Crippen LogP contribution is 2.26. The van der Waals surface area contributed by atoms with Gasteiger partial charge >= 0.3 is 5.97 Å². The summed E-state index contributed by atoms with van der Waals surface area (Å²) in [4.78, 5) is 23.7. The third-order valence-electron chi connectivity index (χ3n) is 2.87. The van der Waals surface area contributed by atoms with Crippen LogP contribution in [-0.4, -0.2) is 41.1 Å². The molecule has 0 unspecified atom stereocenters. The summed E-state index contributed by atoms with van der Waals surface area (Å²) in [5.74, 6) is -0.608. The Morgan fingerprint density at radius 3 is 2.60 bits per heavy atom. The van der Waals surface area contributed by atoms with E-state index < -0.39 is 5.97 Å². The van der Waals surface area contributed by atoms with Crippen LogP contribution in [0.4, 0.5) is 0 Å². The molecule has 0 saturated carbocycles. The number of phenols is 1. The Labute approximate surface area is 117 Å². The van der Waals surface area contributed by atoms with Gasteiger partial charge in [-0.3, -0.25) is 9.59 Å². The molecule has 6 heteroatoms. The number of hydrogen-bond donors (Lipinski definition) is 2. The van der Waals surface area contributed by atoms with Crippen molar-refractivity contribution < 1.29 is 24.5 Å². The van der Waals surface area contributed by atoms with Gasteiger partial charge in [-0.15, -0.1) is 0 Å². The molecule has 6 nitrogen and oxygen atoms in total. The number of phenolic OH excluding ortho intramolecular Hbond substituents is 1. The number of aromatic hydroxyl groups is 1. The number of carbonyl (C=O) groups excluding carboxylic acids is 1. The molecule has 1 aromatic carbocycles. The highest BCUT2D eigenvalue weighted by molar-refractivity contribution is 5.76. The molecule has 0 bridgehead atoms. The van der Waals surface area contributed by atoms with Crippen molar-refractivity contribution in [1.82, 2.24) is 4.90 Å². The molecule has 2 N–H and O–H groups in total. The normalized spacial score (nSPS) is 10.1. The second-order valence-corrected chi connectivity index (χ2v) is 4.50. The summed E-state index contributed by atoms with van der Waals surface area (Å²) in [6.45, 7) is 0.378. The highest BCUT2D eigenvalue weighted by atomic mass is 16.5. The van der Waals surface area contributed by atoms with Crippen LogP contribution in [0.3, 0.4) is 0 Å². The number of carboxylic acid groups (broad SMARTS) is 1. The number of amides is 1. The molecular weight excluding hydrogens is 262 g/mol. The Balaban J connectivity index is 2.54. The van der Waals surface area contributed by atoms with Crippen molar-refractivity contribution in [3.05, 3.63) is 23.8 Å². The summed E-state index contributed by atoms with van der Waals surface area (Å²) in [7, 11) is 3.11. The Hall–Kier alpha value is -2.24. The fourth-order valence-electron chi connectivity index (χ4n) is 1.76. The van der Waals surface area contributed by atoms with Crippen molar-refractivity contribution in [2.75, 3.05) is 14.2 Å². The van der Waals surface area contributed by atoms with Crippen LogP contribution in [0, 0.1) is 0 Å². The Kier molecular flexibility index (Phi) is 5.83. The highest BCUT2D eigenvalue weighted by Gasteiger charge is 2.11. The lowest BCUT2D eigenvalue weighted by molar-refractivity contribution is -0.137. The second kappa shape index (κ2) is 7.37. The summed E-state index contributed by atoms with van der Waals surface area (Å²) < 4.78 is 5.00. The molecule has 0 atom stereocenters. The zero-order chi connectivity index (χ0) is 15.1. The number of carbonyl (C=O) groups is 2. The molecule has 0 aromatic heterocycles. The fraction of sp³-hybridized carbons (Fsp3) is 0.429. The summed E-state index contributed by atoms with van der Waals surface area (Å²) in [5.41, 5.74) is 0.828. The van der Waals surface area contributed by atoms with Crippen LogP contribution in [-0.2, 0) is 16.1 Å². The van der Waals surface area contributed by atoms with E-state index >= 15 is 0 Å². The minimum atomic E-state index is -0.899. The third-order valence-corrected chi connectivity index (χ3v) is 2.87. The van der Waals surface area contributed by atoms with Gasteiger partial charge in [0.2, 0.25) is 5.91 Å². The van der Waals surface area contributed by atoms with Crippen molar-refractivity contribution in [1.29, 1.82) is 0 Å². The summed E-state index contributed by atoms with van der Waals surface area (Å²) in [6.07, 6.45) is 0.530. The lowest BCUT2D eigenvalue weighted by Gasteiger charge is -2.17. The molecule has 0 aliphatic carbocycles. The van der Waals surface area contributed by atoms with Gasteiger partial charge in [-0.25, -0.2) is 0 Å². The second-order valence-electron chi connectivity index (χ2n) is 4.50. The molecule has 1 rings (SSSR count). The molecule has 1 aromatic rings. The van der Waals surface area contributed by atoms with E-state index in [9.17, 15) is 14.7 Å². The van der Waals surface area contributed by atoms with E-state index in [1.165, 1.54) is 18.1 Å². The van der Waals surface area contributed by atoms with Gasteiger partial charge in [-0.2, -0.15) is 0 Å². The number of hydrogen-bond acceptors (Lipinski definition) is 4. The smallest absolute Gasteiger partial charge is 0.303 e. The zero-order valence-corrected chi connectivity index (χ0v) is 11.6. The maximum absolute atomic E-state index is 11.8. The van der Waals surface area contributed by atoms with Crippen LogP contribution >= 0.6 is 0 Å². The average molecular weight is 281 g/mol. The van der Waals surface area contributed by atoms with Gasteiger partial charge in [-0.1, -0.05) is 6.07 Å². The van der Waals surface area contributed by atoms with Gasteiger partial charge in [0.1, 0.15) is 0 Å². The molecule has 0 aliphatic heterocycles. The number of carboxylic acids is 1. The molecule has 0 aliphatic rings. The van der Waals surface area contributed by atoms with Crippen LogP contribution in [0.1, 0.15) is 24.8 Å². The van der Waals surface area contributed by atoms with Crippen LogP contribution < -0.4 is 4.74 Å². The minimum absolute atomic E-state index is 0.00733. The predicted molar refractivity (Wildman–Crippen MR) is 72.6 cm³/mol. The fourth-order valence-corrected chi connectivity index (χ4v) is 1.76. The SMILES string of the molecule is COc1cc(CN(C)C(=O)CCCC(=O)O)ccc1O. The first-order valence-electron chi connectivity index (χ1n) is 6.25. The van der Waals surface area contributed by atoms with Crippen molar-refractivity contribution >= 4 is 11.9 Å². The Bertz CT molecular complexity index is 486. The lowest BCUT2D eigenvalue weighted by atomic mass is 10.1. The first-order chi connectivity index (χ1) is 9.43. The molecule has 0 radical (unpaired) electrons. The van der Waals surface area contributed by atoms with E-state index in [2.05, 4.69) is 0 Å². The van der Waals surface area contributed by atoms with Crippen molar-refractivity contribution in [2.45, 2.75) is 25.8 Å². The number of methoxy groups -OCH3 is 1. The molecule has 20 heavy (non-hydrogen) atoms. The summed E-state index contributed by atoms with van der Waals surface area (Å²) in [6, 6.07) is 4.88. The van der Waals surface area contributed by atoms with Gasteiger partial charge in [0.15, 0.2) is 11.5 Å². The van der Waals surface area contributed by atoms with Gasteiger partial charge in [0.05, 0.1) is 7.11 Å². The first-order valence-corrected chi connectivity index (χ1v) is 6.25. The topological polar surface area (TPSA) is 87.1 Å². The van der Waals surface area contributed by atoms with Gasteiger partial charge in [0.25, 0.3) is 0 Å². The molecule has 1 amide bonds. The van der Waals surface area contributed by atoms with E-state index in [0.29, 0.717) is 18.7 Å². The third kappa shape index (κ3) is 4.79. The zero-order valence-electron chi connectivity index (χ0n) is 11.6. The number of rotatable bonds is 7. The molecule has 0 heterocycles. The van der Waals surface area contributed by atoms with Gasteiger partial charge in [0, 0.05) is 26.4 Å². The molecule has 110 valence electrons. The van der Waals surface area contributed by atoms with E-state index in [-0.39, 0.29) is 24.5 Å². The number of nitrogens with zero attached hydrogens (tertiary/aromatic N) is 1. The monoisotopic (exact) mass is 281 g/mol. The van der Waals surface area contributed by atoms with Gasteiger partial charge < -0.3 is 19.8 Å². The van der Waals surface area contributed by atoms with E-state index in [1.54, 1.807) is 19.2 Å². The van der Waals surface area contributed by atoms with Crippen LogP contribution in [0.2, 0.25) is 0 Å². The van der Waals surface area contributed by atoms with Crippen molar-refractivity contribution in [3.8, 4) is 11.5 Å². The lowest BCUT2D eigenvalue weighted by Crippen LogP contribution is -2.26. The maximum Gasteiger partial charge on any atom is 0.303 e. The van der Waals surface area contributed by atoms with E-state index in [4.69, 9.17) is 9.84 Å². The predicted octanol–water partition coefficient (Wildman–Crippen LogP) is 1.61. The maximum atomic E-state index is 11.8. The van der Waals surface area contributed by atoms with Crippen LogP contribution in [0.15, 0.2) is 18.2 Å². The van der Waals surface area contributed by atoms with Crippen LogP contribution in [0.5, 0.6) is 11.5 Å². The van der Waals surface area contributed by atoms with Crippen molar-refractivity contribution in [2.24, 2.45) is 0 Å². The standard InChI is InChI=1S/C14H19NO5/c1-15(13(17)4-3-5-14(18)19)9-10-6-7-11(16)12(8-10)20-2/h6-8,16H,3-5,9H2,1-2H3,(H,18,19). The van der Waals surface area contributed by atoms with E-state index in [0.717, 1.165) is 5.56 Å². The minimum Gasteiger partial charge on any atom is -0.504 e. The summed E-state index contributed by atoms with van der Waals surface area (Å²) in [5, 5.41) is 18.0. The quantitative estimate of drug-likeness (QED) is 0.793. The van der Waals surface area contributed by atoms with Crippen LogP contribution in [0.25, 0.3) is 0 Å². The molecule has 0 fully saturated rings. The Morgan fingerprint density at radius 2 is 2.00 bits per heavy atom. The average Bonchev–Trinajstić information content (AvgIpc) is 2.40. The molecule has 0 spiro atoms. The number of aliphatic carboxylic acids is 1. The summed E-state index contributed by atoms with van der Waals surface area (Å²) >= 11 is 0. The molecular formula is C14H19NO5. The largest absolute Gasteiger partial charge is 0.504 e. The first kappa shape index (κ1) is 15.8. The molecule has 0 saturated heterocycles. The Morgan fingerprint density at radius 1 is 1.30 bits per heavy atom. The number of ether oxygens (including phenoxy) is 1. The van der Waals surface area contributed by atoms with Crippen molar-refractivity contribution in [3.63, 3.8) is 0 Å². The van der Waals surface area contributed by atoms with E-state index in [1.807, 2.05) is 0 Å².